The maximum atomic E-state index is 14.7. The van der Waals surface area contributed by atoms with Crippen molar-refractivity contribution in [1.82, 2.24) is 15.0 Å². The van der Waals surface area contributed by atoms with Crippen molar-refractivity contribution in [1.29, 1.82) is 0 Å². The second-order valence-electron chi connectivity index (χ2n) is 6.56. The highest BCUT2D eigenvalue weighted by Crippen LogP contribution is 2.37. The smallest absolute Gasteiger partial charge is 0.223 e. The van der Waals surface area contributed by atoms with E-state index in [9.17, 15) is 8.78 Å². The van der Waals surface area contributed by atoms with Crippen molar-refractivity contribution in [2.24, 2.45) is 5.73 Å². The summed E-state index contributed by atoms with van der Waals surface area (Å²) in [7, 11) is 2.58. The van der Waals surface area contributed by atoms with E-state index in [1.807, 2.05) is 0 Å². The maximum Gasteiger partial charge on any atom is 0.223 e. The predicted octanol–water partition coefficient (Wildman–Crippen LogP) is 2.13. The molecular weight excluding hydrogens is 384 g/mol. The quantitative estimate of drug-likeness (QED) is 0.668. The molecule has 152 valence electrons. The van der Waals surface area contributed by atoms with E-state index in [0.717, 1.165) is 6.07 Å². The van der Waals surface area contributed by atoms with Crippen molar-refractivity contribution in [3.8, 4) is 22.8 Å². The fourth-order valence-corrected chi connectivity index (χ4v) is 3.14. The Hall–Kier alpha value is -3.11. The molecule has 1 aliphatic heterocycles. The second-order valence-corrected chi connectivity index (χ2v) is 6.56. The molecule has 1 fully saturated rings. The molecule has 10 heteroatoms. The Labute approximate surface area is 165 Å². The summed E-state index contributed by atoms with van der Waals surface area (Å²) in [5.41, 5.74) is 6.18. The molecule has 29 heavy (non-hydrogen) atoms. The number of ether oxygens (including phenoxy) is 3. The van der Waals surface area contributed by atoms with Crippen molar-refractivity contribution in [3.05, 3.63) is 36.2 Å². The monoisotopic (exact) mass is 403 g/mol. The van der Waals surface area contributed by atoms with Gasteiger partial charge in [0.15, 0.2) is 23.1 Å². The van der Waals surface area contributed by atoms with Crippen LogP contribution in [0.25, 0.3) is 22.2 Å². The van der Waals surface area contributed by atoms with Gasteiger partial charge in [0, 0.05) is 17.6 Å². The van der Waals surface area contributed by atoms with E-state index < -0.39 is 11.6 Å². The number of nitrogens with two attached hydrogens (primary N) is 1. The Morgan fingerprint density at radius 3 is 2.41 bits per heavy atom. The van der Waals surface area contributed by atoms with Gasteiger partial charge < -0.3 is 25.3 Å². The number of hydrogen-bond acceptors (Lipinski definition) is 8. The van der Waals surface area contributed by atoms with Crippen LogP contribution in [0, 0.1) is 11.6 Å². The summed E-state index contributed by atoms with van der Waals surface area (Å²) in [5.74, 6) is -1.66. The number of nitrogens with zero attached hydrogens (tertiary/aromatic N) is 3. The van der Waals surface area contributed by atoms with Gasteiger partial charge in [0.05, 0.1) is 62.5 Å². The summed E-state index contributed by atoms with van der Waals surface area (Å²) >= 11 is 0. The van der Waals surface area contributed by atoms with E-state index in [1.54, 1.807) is 6.20 Å². The number of nitrogens with one attached hydrogen (secondary N) is 1. The zero-order valence-corrected chi connectivity index (χ0v) is 15.8. The molecule has 2 atom stereocenters. The summed E-state index contributed by atoms with van der Waals surface area (Å²) in [6.07, 6.45) is 2.97. The van der Waals surface area contributed by atoms with Crippen molar-refractivity contribution in [2.75, 3.05) is 32.8 Å². The highest BCUT2D eigenvalue weighted by molar-refractivity contribution is 5.83. The molecule has 1 aromatic carbocycles. The normalized spacial score (nSPS) is 18.8. The molecule has 0 spiro atoms. The lowest BCUT2D eigenvalue weighted by Crippen LogP contribution is -2.39. The molecule has 0 unspecified atom stereocenters. The SMILES string of the molecule is COc1cc(OC)c(F)c(-c2cc3cnc(N[C@H]4COC[C@H]4N)nc3cn2)c1F. The van der Waals surface area contributed by atoms with Crippen LogP contribution < -0.4 is 20.5 Å². The molecule has 3 aromatic rings. The van der Waals surface area contributed by atoms with E-state index in [4.69, 9.17) is 19.9 Å². The Balaban J connectivity index is 1.72. The number of fused-ring (bicyclic) bond motifs is 1. The van der Waals surface area contributed by atoms with Gasteiger partial charge in [-0.1, -0.05) is 0 Å². The minimum Gasteiger partial charge on any atom is -0.494 e. The molecule has 4 rings (SSSR count). The molecule has 1 aliphatic rings. The fourth-order valence-electron chi connectivity index (χ4n) is 3.14. The van der Waals surface area contributed by atoms with Gasteiger partial charge in [-0.25, -0.2) is 18.7 Å². The molecule has 8 nitrogen and oxygen atoms in total. The summed E-state index contributed by atoms with van der Waals surface area (Å²) in [4.78, 5) is 12.8. The Kier molecular flexibility index (Phi) is 5.12. The van der Waals surface area contributed by atoms with Crippen LogP contribution in [0.5, 0.6) is 11.5 Å². The average molecular weight is 403 g/mol. The summed E-state index contributed by atoms with van der Waals surface area (Å²) in [5, 5.41) is 3.69. The zero-order chi connectivity index (χ0) is 20.5. The van der Waals surface area contributed by atoms with Crippen LogP contribution >= 0.6 is 0 Å². The largest absolute Gasteiger partial charge is 0.494 e. The first-order chi connectivity index (χ1) is 14.0. The molecule has 3 heterocycles. The Morgan fingerprint density at radius 1 is 1.07 bits per heavy atom. The van der Waals surface area contributed by atoms with Crippen LogP contribution in [0.4, 0.5) is 14.7 Å². The minimum absolute atomic E-state index is 0.0697. The average Bonchev–Trinajstić information content (AvgIpc) is 3.13. The molecule has 2 aromatic heterocycles. The van der Waals surface area contributed by atoms with E-state index in [2.05, 4.69) is 20.3 Å². The number of anilines is 1. The molecule has 0 aliphatic carbocycles. The van der Waals surface area contributed by atoms with Gasteiger partial charge >= 0.3 is 0 Å². The van der Waals surface area contributed by atoms with Gasteiger partial charge in [0.1, 0.15) is 0 Å². The second kappa shape index (κ2) is 7.72. The summed E-state index contributed by atoms with van der Waals surface area (Å²) in [6.45, 7) is 0.938. The van der Waals surface area contributed by atoms with Crippen LogP contribution in [0.3, 0.4) is 0 Å². The van der Waals surface area contributed by atoms with Crippen LogP contribution in [0.1, 0.15) is 0 Å². The third kappa shape index (κ3) is 3.52. The number of hydrogen-bond donors (Lipinski definition) is 2. The lowest BCUT2D eigenvalue weighted by Gasteiger charge is -2.15. The van der Waals surface area contributed by atoms with Crippen LogP contribution in [-0.2, 0) is 4.74 Å². The summed E-state index contributed by atoms with van der Waals surface area (Å²) in [6, 6.07) is 2.41. The van der Waals surface area contributed by atoms with Crippen molar-refractivity contribution in [2.45, 2.75) is 12.1 Å². The van der Waals surface area contributed by atoms with E-state index in [1.165, 1.54) is 26.5 Å². The summed E-state index contributed by atoms with van der Waals surface area (Å²) < 4.78 is 44.7. The minimum atomic E-state index is -0.868. The number of pyridine rings is 1. The van der Waals surface area contributed by atoms with Crippen LogP contribution in [0.15, 0.2) is 24.5 Å². The lowest BCUT2D eigenvalue weighted by molar-refractivity contribution is 0.192. The van der Waals surface area contributed by atoms with Gasteiger partial charge in [0.2, 0.25) is 5.95 Å². The zero-order valence-electron chi connectivity index (χ0n) is 15.8. The predicted molar refractivity (Wildman–Crippen MR) is 102 cm³/mol. The molecule has 1 saturated heterocycles. The first-order valence-electron chi connectivity index (χ1n) is 8.84. The number of methoxy groups -OCH3 is 2. The Morgan fingerprint density at radius 2 is 1.79 bits per heavy atom. The highest BCUT2D eigenvalue weighted by atomic mass is 19.1. The maximum absolute atomic E-state index is 14.7. The molecule has 0 amide bonds. The fraction of sp³-hybridized carbons (Fsp3) is 0.316. The van der Waals surface area contributed by atoms with Crippen molar-refractivity contribution < 1.29 is 23.0 Å². The van der Waals surface area contributed by atoms with Gasteiger partial charge in [-0.2, -0.15) is 0 Å². The lowest BCUT2D eigenvalue weighted by atomic mass is 10.1. The molecule has 3 N–H and O–H groups in total. The Bertz CT molecular complexity index is 1040. The van der Waals surface area contributed by atoms with E-state index in [0.29, 0.717) is 30.1 Å². The third-order valence-electron chi connectivity index (χ3n) is 4.74. The van der Waals surface area contributed by atoms with Gasteiger partial charge in [-0.15, -0.1) is 0 Å². The van der Waals surface area contributed by atoms with Gasteiger partial charge in [-0.05, 0) is 6.07 Å². The van der Waals surface area contributed by atoms with Crippen molar-refractivity contribution in [3.63, 3.8) is 0 Å². The van der Waals surface area contributed by atoms with Gasteiger partial charge in [0.25, 0.3) is 0 Å². The third-order valence-corrected chi connectivity index (χ3v) is 4.74. The number of benzene rings is 1. The van der Waals surface area contributed by atoms with Crippen LogP contribution in [0.2, 0.25) is 0 Å². The van der Waals surface area contributed by atoms with E-state index in [-0.39, 0.29) is 34.8 Å². The topological polar surface area (TPSA) is 104 Å². The number of rotatable bonds is 5. The molecule has 0 bridgehead atoms. The first kappa shape index (κ1) is 19.2. The standard InChI is InChI=1S/C19H19F2N5O3/c1-27-14-4-15(28-2)18(21)16(17(14)20)11-3-9-5-24-19(25-12(9)6-23-11)26-13-8-29-7-10(13)22/h3-6,10,13H,7-8,22H2,1-2H3,(H,24,25,26)/t10-,13+/m1/s1. The molecule has 0 radical (unpaired) electrons. The first-order valence-corrected chi connectivity index (χ1v) is 8.84. The molecule has 0 saturated carbocycles. The highest BCUT2D eigenvalue weighted by Gasteiger charge is 2.26. The number of aromatic nitrogens is 3. The van der Waals surface area contributed by atoms with Crippen molar-refractivity contribution >= 4 is 16.9 Å². The van der Waals surface area contributed by atoms with E-state index >= 15 is 0 Å². The van der Waals surface area contributed by atoms with Gasteiger partial charge in [-0.3, -0.25) is 4.98 Å². The number of halogens is 2. The molecular formula is C19H19F2N5O3. The van der Waals surface area contributed by atoms with Crippen LogP contribution in [-0.4, -0.2) is 54.5 Å².